The Kier molecular flexibility index (Phi) is 14.5. The van der Waals surface area contributed by atoms with Gasteiger partial charge >= 0.3 is 0 Å². The number of halogens is 3. The van der Waals surface area contributed by atoms with Crippen LogP contribution in [0.1, 0.15) is 12.8 Å². The van der Waals surface area contributed by atoms with Crippen molar-refractivity contribution in [3.8, 4) is 0 Å². The third-order valence-corrected chi connectivity index (χ3v) is 8.55. The minimum Gasteiger partial charge on any atom is -0.394 e. The number of nitrogens with zero attached hydrogens (tertiary/aromatic N) is 1. The second-order valence-electron chi connectivity index (χ2n) is 6.51. The Hall–Kier alpha value is 2.82. The third-order valence-electron chi connectivity index (χ3n) is 4.95. The number of likely N-dealkylation sites (tertiary alicyclic amines) is 1. The molecule has 0 aromatic heterocycles. The topological polar surface area (TPSA) is 89.5 Å². The molecule has 2 N–H and O–H groups in total. The van der Waals surface area contributed by atoms with Gasteiger partial charge in [0, 0.05) is 63.6 Å². The first-order valence-corrected chi connectivity index (χ1v) is 19.8. The quantitative estimate of drug-likeness (QED) is 0.236. The van der Waals surface area contributed by atoms with Crippen LogP contribution in [0.25, 0.3) is 0 Å². The Morgan fingerprint density at radius 2 is 1.83 bits per heavy atom. The molecule has 0 bridgehead atoms. The predicted octanol–water partition coefficient (Wildman–Crippen LogP) is 3.80. The van der Waals surface area contributed by atoms with Crippen molar-refractivity contribution in [2.45, 2.75) is 54.8 Å². The first-order valence-electron chi connectivity index (χ1n) is 8.64. The maximum Gasteiger partial charge on any atom is 0.237 e. The van der Waals surface area contributed by atoms with Crippen LogP contribution in [0.3, 0.4) is 0 Å². The van der Waals surface area contributed by atoms with Gasteiger partial charge in [0.25, 0.3) is 0 Å². The number of amides is 1. The van der Waals surface area contributed by atoms with Crippen LogP contribution >= 0.6 is 103 Å². The molecule has 0 aromatic carbocycles. The van der Waals surface area contributed by atoms with Crippen LogP contribution in [0.5, 0.6) is 0 Å². The van der Waals surface area contributed by atoms with E-state index in [9.17, 15) is 9.90 Å². The third kappa shape index (κ3) is 7.66. The van der Waals surface area contributed by atoms with Crippen molar-refractivity contribution in [3.05, 3.63) is 0 Å². The van der Waals surface area contributed by atoms with Gasteiger partial charge in [-0.1, -0.05) is 0 Å². The molecule has 2 heterocycles. The number of aliphatic hydroxyl groups is 1. The Labute approximate surface area is 224 Å². The van der Waals surface area contributed by atoms with Gasteiger partial charge in [0.05, 0.1) is 46.3 Å². The molecule has 2 rings (SSSR count). The van der Waals surface area contributed by atoms with Gasteiger partial charge in [-0.2, -0.15) is 0 Å². The Balaban J connectivity index is 2.23. The maximum atomic E-state index is 12.8. The highest BCUT2D eigenvalue weighted by molar-refractivity contribution is 14.2. The number of carbonyl (C=O) groups excluding carboxylic acids is 1. The molecule has 7 atom stereocenters. The fourth-order valence-corrected chi connectivity index (χ4v) is 7.40. The number of hydrogen-bond donors (Lipinski definition) is 2. The summed E-state index contributed by atoms with van der Waals surface area (Å²) >= 11 is 7.66. The first-order chi connectivity index (χ1) is 14.0. The highest BCUT2D eigenvalue weighted by Gasteiger charge is 2.52. The SMILES string of the molecule is CSC1OC(C(CO)NC(=O)C2CCCN2C)C(OSI)C(OSI)C1OSI. The van der Waals surface area contributed by atoms with Crippen molar-refractivity contribution >= 4 is 109 Å². The van der Waals surface area contributed by atoms with Crippen molar-refractivity contribution in [1.82, 2.24) is 10.2 Å². The summed E-state index contributed by atoms with van der Waals surface area (Å²) < 4.78 is 23.9. The molecule has 29 heavy (non-hydrogen) atoms. The lowest BCUT2D eigenvalue weighted by atomic mass is 9.94. The lowest BCUT2D eigenvalue weighted by Crippen LogP contribution is -2.65. The molecule has 2 saturated heterocycles. The highest BCUT2D eigenvalue weighted by atomic mass is 127. The molecule has 0 saturated carbocycles. The van der Waals surface area contributed by atoms with Crippen LogP contribution in [0, 0.1) is 0 Å². The van der Waals surface area contributed by atoms with Crippen LogP contribution < -0.4 is 5.32 Å². The number of ether oxygens (including phenoxy) is 1. The van der Waals surface area contributed by atoms with Crippen LogP contribution in [0.15, 0.2) is 0 Å². The van der Waals surface area contributed by atoms with E-state index in [2.05, 4.69) is 47.7 Å². The molecule has 170 valence electrons. The summed E-state index contributed by atoms with van der Waals surface area (Å²) in [5.41, 5.74) is -0.338. The van der Waals surface area contributed by atoms with E-state index in [0.29, 0.717) is 0 Å². The van der Waals surface area contributed by atoms with E-state index in [1.807, 2.05) is 39.4 Å². The smallest absolute Gasteiger partial charge is 0.237 e. The monoisotopic (exact) mass is 824 g/mol. The molecular weight excluding hydrogens is 801 g/mol. The molecule has 8 nitrogen and oxygen atoms in total. The van der Waals surface area contributed by atoms with Crippen LogP contribution in [0.2, 0.25) is 0 Å². The average Bonchev–Trinajstić information content (AvgIpc) is 3.15. The van der Waals surface area contributed by atoms with Crippen molar-refractivity contribution in [3.63, 3.8) is 0 Å². The summed E-state index contributed by atoms with van der Waals surface area (Å²) in [4.78, 5) is 14.9. The molecule has 15 heteroatoms. The first kappa shape index (κ1) is 28.1. The summed E-state index contributed by atoms with van der Waals surface area (Å²) in [7, 11) is 5.53. The summed E-state index contributed by atoms with van der Waals surface area (Å²) in [6.45, 7) is 0.625. The number of hydrogen-bond acceptors (Lipinski definition) is 11. The van der Waals surface area contributed by atoms with E-state index in [-0.39, 0.29) is 30.1 Å². The second kappa shape index (κ2) is 14.9. The van der Waals surface area contributed by atoms with Gasteiger partial charge in [-0.05, 0) is 32.7 Å². The van der Waals surface area contributed by atoms with E-state index >= 15 is 0 Å². The van der Waals surface area contributed by atoms with Gasteiger partial charge < -0.3 is 15.2 Å². The predicted molar refractivity (Wildman–Crippen MR) is 146 cm³/mol. The fraction of sp³-hybridized carbons (Fsp3) is 0.929. The molecule has 7 unspecified atom stereocenters. The summed E-state index contributed by atoms with van der Waals surface area (Å²) in [6, 6.07) is -0.816. The van der Waals surface area contributed by atoms with Crippen molar-refractivity contribution in [1.29, 1.82) is 0 Å². The number of thioether (sulfide) groups is 1. The van der Waals surface area contributed by atoms with Gasteiger partial charge in [-0.3, -0.25) is 22.2 Å². The largest absolute Gasteiger partial charge is 0.394 e. The van der Waals surface area contributed by atoms with E-state index < -0.39 is 24.4 Å². The fourth-order valence-electron chi connectivity index (χ4n) is 3.55. The minimum atomic E-state index is -0.627. The maximum absolute atomic E-state index is 12.8. The molecule has 0 radical (unpaired) electrons. The van der Waals surface area contributed by atoms with Gasteiger partial charge in [0.2, 0.25) is 5.91 Å². The lowest BCUT2D eigenvalue weighted by Gasteiger charge is -2.46. The van der Waals surface area contributed by atoms with Crippen LogP contribution in [0.4, 0.5) is 0 Å². The second-order valence-corrected chi connectivity index (χ2v) is 11.6. The Morgan fingerprint density at radius 1 is 1.21 bits per heavy atom. The number of nitrogens with one attached hydrogen (secondary N) is 1. The number of carbonyl (C=O) groups is 1. The summed E-state index contributed by atoms with van der Waals surface area (Å²) in [6.07, 6.45) is 1.76. The molecule has 2 aliphatic heterocycles. The number of rotatable bonds is 11. The van der Waals surface area contributed by atoms with E-state index in [1.165, 1.54) is 39.4 Å². The lowest BCUT2D eigenvalue weighted by molar-refractivity contribution is -0.176. The normalized spacial score (nSPS) is 34.3. The van der Waals surface area contributed by atoms with E-state index in [1.54, 1.807) is 0 Å². The van der Waals surface area contributed by atoms with Gasteiger partial charge in [-0.25, -0.2) is 0 Å². The van der Waals surface area contributed by atoms with E-state index in [0.717, 1.165) is 19.4 Å². The van der Waals surface area contributed by atoms with E-state index in [4.69, 9.17) is 17.3 Å². The Bertz CT molecular complexity index is 520. The molecule has 2 fully saturated rings. The van der Waals surface area contributed by atoms with Crippen molar-refractivity contribution in [2.75, 3.05) is 26.5 Å². The van der Waals surface area contributed by atoms with Crippen LogP contribution in [-0.2, 0) is 22.1 Å². The minimum absolute atomic E-state index is 0.101. The summed E-state index contributed by atoms with van der Waals surface area (Å²) in [5.74, 6) is -0.101. The molecular formula is C14H23I3N2O6S4. The highest BCUT2D eigenvalue weighted by Crippen LogP contribution is 2.40. The molecule has 0 aromatic rings. The molecule has 1 amide bonds. The standard InChI is InChI=1S/C14H23I3N2O6S4/c1-19-5-3-4-8(19)13(21)18-7(6-20)9-10(23-27-15)11(24-28-16)12(25-29-17)14(22-9)26-2/h7-12,14,20H,3-6H2,1-2H3,(H,18,21). The average molecular weight is 824 g/mol. The Morgan fingerprint density at radius 3 is 2.34 bits per heavy atom. The molecule has 0 spiro atoms. The van der Waals surface area contributed by atoms with Crippen molar-refractivity contribution in [2.24, 2.45) is 0 Å². The summed E-state index contributed by atoms with van der Waals surface area (Å²) in [5, 5.41) is 13.1. The van der Waals surface area contributed by atoms with Crippen molar-refractivity contribution < 1.29 is 27.2 Å². The molecule has 2 aliphatic rings. The van der Waals surface area contributed by atoms with Gasteiger partial charge in [0.15, 0.2) is 0 Å². The number of likely N-dealkylation sites (N-methyl/N-ethyl adjacent to an activating group) is 1. The van der Waals surface area contributed by atoms with Gasteiger partial charge in [0.1, 0.15) is 29.9 Å². The zero-order valence-electron chi connectivity index (χ0n) is 15.6. The van der Waals surface area contributed by atoms with Crippen LogP contribution in [-0.4, -0.2) is 84.3 Å². The number of aliphatic hydroxyl groups excluding tert-OH is 1. The molecule has 0 aliphatic carbocycles. The van der Waals surface area contributed by atoms with Gasteiger partial charge in [-0.15, -0.1) is 11.8 Å². The zero-order chi connectivity index (χ0) is 21.4. The zero-order valence-corrected chi connectivity index (χ0v) is 25.3.